The number of nitrogens with one attached hydrogen (secondary N) is 1. The van der Waals surface area contributed by atoms with E-state index in [-0.39, 0.29) is 24.8 Å². The zero-order valence-electron chi connectivity index (χ0n) is 9.68. The number of aromatic nitrogens is 2. The zero-order valence-corrected chi connectivity index (χ0v) is 11.3. The van der Waals surface area contributed by atoms with Gasteiger partial charge in [0.15, 0.2) is 0 Å². The van der Waals surface area contributed by atoms with Gasteiger partial charge in [0.1, 0.15) is 17.3 Å². The Labute approximate surface area is 113 Å². The molecule has 7 heteroatoms. The van der Waals surface area contributed by atoms with Gasteiger partial charge in [-0.05, 0) is 25.9 Å². The molecule has 0 amide bonds. The van der Waals surface area contributed by atoms with Crippen LogP contribution in [0.5, 0.6) is 5.75 Å². The first kappa shape index (κ1) is 16.2. The topological polar surface area (TPSA) is 73.1 Å². The summed E-state index contributed by atoms with van der Waals surface area (Å²) in [4.78, 5) is 0. The second-order valence-corrected chi connectivity index (χ2v) is 3.75. The van der Waals surface area contributed by atoms with Crippen molar-refractivity contribution in [3.8, 4) is 5.75 Å². The fourth-order valence-corrected chi connectivity index (χ4v) is 1.94. The minimum absolute atomic E-state index is 0. The number of nitrogen functional groups attached to an aromatic ring is 1. The predicted molar refractivity (Wildman–Crippen MR) is 72.3 cm³/mol. The number of rotatable bonds is 2. The zero-order chi connectivity index (χ0) is 10.7. The van der Waals surface area contributed by atoms with Gasteiger partial charge in [-0.1, -0.05) is 0 Å². The number of hydrogen-bond donors (Lipinski definition) is 2. The molecule has 98 valence electrons. The van der Waals surface area contributed by atoms with Crippen LogP contribution < -0.4 is 15.8 Å². The highest BCUT2D eigenvalue weighted by Gasteiger charge is 2.21. The number of methoxy groups -OCH3 is 1. The Hall–Kier alpha value is -0.780. The summed E-state index contributed by atoms with van der Waals surface area (Å²) in [7, 11) is 1.64. The van der Waals surface area contributed by atoms with Gasteiger partial charge in [-0.3, -0.25) is 0 Å². The maximum atomic E-state index is 5.57. The molecule has 1 aliphatic heterocycles. The minimum Gasteiger partial charge on any atom is -0.495 e. The molecule has 1 aromatic heterocycles. The van der Waals surface area contributed by atoms with Crippen molar-refractivity contribution in [1.82, 2.24) is 15.5 Å². The van der Waals surface area contributed by atoms with E-state index in [2.05, 4.69) is 15.5 Å². The molecule has 0 aromatic carbocycles. The third-order valence-corrected chi connectivity index (χ3v) is 2.75. The van der Waals surface area contributed by atoms with E-state index in [9.17, 15) is 0 Å². The first-order valence-electron chi connectivity index (χ1n) is 5.19. The van der Waals surface area contributed by atoms with Crippen molar-refractivity contribution in [2.75, 3.05) is 25.9 Å². The molecule has 3 N–H and O–H groups in total. The van der Waals surface area contributed by atoms with Crippen molar-refractivity contribution in [2.24, 2.45) is 0 Å². The third-order valence-electron chi connectivity index (χ3n) is 2.75. The lowest BCUT2D eigenvalue weighted by Crippen LogP contribution is -2.27. The van der Waals surface area contributed by atoms with Gasteiger partial charge in [0.25, 0.3) is 0 Å². The van der Waals surface area contributed by atoms with Crippen LogP contribution in [0.15, 0.2) is 6.07 Å². The molecule has 0 aliphatic carbocycles. The molecule has 0 radical (unpaired) electrons. The molecular weight excluding hydrogens is 263 g/mol. The number of nitrogens with two attached hydrogens (primary N) is 1. The summed E-state index contributed by atoms with van der Waals surface area (Å²) in [5, 5.41) is 11.4. The fourth-order valence-electron chi connectivity index (χ4n) is 1.94. The predicted octanol–water partition coefficient (Wildman–Crippen LogP) is 1.38. The van der Waals surface area contributed by atoms with Gasteiger partial charge in [-0.2, -0.15) is 0 Å². The monoisotopic (exact) mass is 280 g/mol. The van der Waals surface area contributed by atoms with Gasteiger partial charge in [0.05, 0.1) is 7.11 Å². The second kappa shape index (κ2) is 7.53. The molecule has 0 spiro atoms. The van der Waals surface area contributed by atoms with E-state index < -0.39 is 0 Å². The molecule has 1 saturated heterocycles. The normalized spacial score (nSPS) is 15.6. The van der Waals surface area contributed by atoms with E-state index in [1.54, 1.807) is 13.2 Å². The lowest BCUT2D eigenvalue weighted by atomic mass is 9.94. The molecule has 0 saturated carbocycles. The molecule has 1 aromatic rings. The summed E-state index contributed by atoms with van der Waals surface area (Å²) in [6.07, 6.45) is 2.16. The summed E-state index contributed by atoms with van der Waals surface area (Å²) in [6, 6.07) is 1.74. The van der Waals surface area contributed by atoms with Crippen LogP contribution in [0.4, 0.5) is 5.82 Å². The molecule has 1 fully saturated rings. The lowest BCUT2D eigenvalue weighted by molar-refractivity contribution is 0.383. The smallest absolute Gasteiger partial charge is 0.149 e. The van der Waals surface area contributed by atoms with Crippen LogP contribution in [0, 0.1) is 0 Å². The first-order valence-corrected chi connectivity index (χ1v) is 5.19. The number of hydrogen-bond acceptors (Lipinski definition) is 5. The number of nitrogens with zero attached hydrogens (tertiary/aromatic N) is 2. The molecule has 2 rings (SSSR count). The van der Waals surface area contributed by atoms with E-state index >= 15 is 0 Å². The van der Waals surface area contributed by atoms with E-state index in [1.165, 1.54) is 0 Å². The Morgan fingerprint density at radius 2 is 1.94 bits per heavy atom. The molecule has 0 bridgehead atoms. The highest BCUT2D eigenvalue weighted by atomic mass is 35.5. The van der Waals surface area contributed by atoms with E-state index in [0.717, 1.165) is 37.4 Å². The Balaban J connectivity index is 0.00000128. The van der Waals surface area contributed by atoms with Crippen LogP contribution in [-0.2, 0) is 0 Å². The first-order chi connectivity index (χ1) is 7.31. The molecule has 0 atom stereocenters. The Morgan fingerprint density at radius 3 is 2.53 bits per heavy atom. The van der Waals surface area contributed by atoms with Crippen LogP contribution in [0.25, 0.3) is 0 Å². The average Bonchev–Trinajstić information content (AvgIpc) is 2.30. The molecule has 17 heavy (non-hydrogen) atoms. The summed E-state index contributed by atoms with van der Waals surface area (Å²) in [5.41, 5.74) is 6.50. The van der Waals surface area contributed by atoms with Crippen LogP contribution >= 0.6 is 24.8 Å². The van der Waals surface area contributed by atoms with E-state index in [1.807, 2.05) is 0 Å². The Bertz CT molecular complexity index is 345. The molecule has 1 aliphatic rings. The van der Waals surface area contributed by atoms with Crippen molar-refractivity contribution in [3.05, 3.63) is 11.8 Å². The number of anilines is 1. The van der Waals surface area contributed by atoms with E-state index in [4.69, 9.17) is 10.5 Å². The van der Waals surface area contributed by atoms with Gasteiger partial charge in [0.2, 0.25) is 0 Å². The second-order valence-electron chi connectivity index (χ2n) is 3.75. The number of piperidine rings is 1. The fraction of sp³-hybridized carbons (Fsp3) is 0.600. The van der Waals surface area contributed by atoms with Crippen LogP contribution in [0.3, 0.4) is 0 Å². The average molecular weight is 281 g/mol. The van der Waals surface area contributed by atoms with Gasteiger partial charge in [-0.25, -0.2) is 0 Å². The summed E-state index contributed by atoms with van der Waals surface area (Å²) < 4.78 is 5.28. The quantitative estimate of drug-likeness (QED) is 0.856. The third kappa shape index (κ3) is 3.87. The van der Waals surface area contributed by atoms with Crippen molar-refractivity contribution in [1.29, 1.82) is 0 Å². The summed E-state index contributed by atoms with van der Waals surface area (Å²) in [6.45, 7) is 2.06. The van der Waals surface area contributed by atoms with Gasteiger partial charge < -0.3 is 15.8 Å². The van der Waals surface area contributed by atoms with Gasteiger partial charge in [-0.15, -0.1) is 35.0 Å². The Morgan fingerprint density at radius 1 is 1.29 bits per heavy atom. The minimum atomic E-state index is 0. The Kier molecular flexibility index (Phi) is 7.18. The lowest BCUT2D eigenvalue weighted by Gasteiger charge is -2.22. The molecule has 2 heterocycles. The van der Waals surface area contributed by atoms with Crippen molar-refractivity contribution in [2.45, 2.75) is 18.8 Å². The highest BCUT2D eigenvalue weighted by Crippen LogP contribution is 2.30. The SMILES string of the molecule is COc1cc(N)nnc1C1CCNCC1.Cl.Cl. The summed E-state index contributed by atoms with van der Waals surface area (Å²) >= 11 is 0. The largest absolute Gasteiger partial charge is 0.495 e. The van der Waals surface area contributed by atoms with Crippen LogP contribution in [0.1, 0.15) is 24.5 Å². The summed E-state index contributed by atoms with van der Waals surface area (Å²) in [5.74, 6) is 1.60. The highest BCUT2D eigenvalue weighted by molar-refractivity contribution is 5.85. The molecule has 5 nitrogen and oxygen atoms in total. The van der Waals surface area contributed by atoms with Gasteiger partial charge in [0, 0.05) is 12.0 Å². The standard InChI is InChI=1S/C10H16N4O.2ClH/c1-15-8-6-9(11)13-14-10(8)7-2-4-12-5-3-7;;/h6-7,12H,2-5H2,1H3,(H2,11,13);2*1H. The van der Waals surface area contributed by atoms with Gasteiger partial charge >= 0.3 is 0 Å². The van der Waals surface area contributed by atoms with Crippen molar-refractivity contribution >= 4 is 30.6 Å². The number of halogens is 2. The maximum absolute atomic E-state index is 5.57. The van der Waals surface area contributed by atoms with Crippen molar-refractivity contribution < 1.29 is 4.74 Å². The van der Waals surface area contributed by atoms with E-state index in [0.29, 0.717) is 11.7 Å². The van der Waals surface area contributed by atoms with Crippen LogP contribution in [-0.4, -0.2) is 30.4 Å². The molecule has 0 unspecified atom stereocenters. The maximum Gasteiger partial charge on any atom is 0.149 e. The number of ether oxygens (including phenoxy) is 1. The molecular formula is C10H18Cl2N4O. The van der Waals surface area contributed by atoms with Crippen LogP contribution in [0.2, 0.25) is 0 Å². The van der Waals surface area contributed by atoms with Crippen molar-refractivity contribution in [3.63, 3.8) is 0 Å².